The van der Waals surface area contributed by atoms with Crippen LogP contribution in [0.2, 0.25) is 0 Å². The number of carbonyl (C=O) groups is 1. The summed E-state index contributed by atoms with van der Waals surface area (Å²) >= 11 is 0. The Labute approximate surface area is 141 Å². The van der Waals surface area contributed by atoms with Crippen molar-refractivity contribution < 1.29 is 13.2 Å². The van der Waals surface area contributed by atoms with Crippen LogP contribution in [-0.2, 0) is 9.84 Å². The average Bonchev–Trinajstić information content (AvgIpc) is 2.95. The van der Waals surface area contributed by atoms with Gasteiger partial charge in [-0.25, -0.2) is 8.42 Å². The summed E-state index contributed by atoms with van der Waals surface area (Å²) in [5.41, 5.74) is 2.32. The molecular formula is C17H19N3O3S. The van der Waals surface area contributed by atoms with Crippen LogP contribution in [0.1, 0.15) is 16.8 Å². The average molecular weight is 345 g/mol. The van der Waals surface area contributed by atoms with Gasteiger partial charge in [-0.3, -0.25) is 9.78 Å². The van der Waals surface area contributed by atoms with Gasteiger partial charge in [0.2, 0.25) is 0 Å². The predicted octanol–water partition coefficient (Wildman–Crippen LogP) is 2.08. The quantitative estimate of drug-likeness (QED) is 0.918. The normalized spacial score (nSPS) is 19.0. The van der Waals surface area contributed by atoms with Crippen LogP contribution in [0.15, 0.2) is 48.8 Å². The fraction of sp³-hybridized carbons (Fsp3) is 0.294. The summed E-state index contributed by atoms with van der Waals surface area (Å²) in [5, 5.41) is 3.22. The molecule has 6 nitrogen and oxygen atoms in total. The molecule has 1 aromatic carbocycles. The second kappa shape index (κ2) is 6.60. The molecule has 0 spiro atoms. The highest BCUT2D eigenvalue weighted by Gasteiger charge is 2.32. The number of carbonyl (C=O) groups excluding carboxylic acids is 1. The van der Waals surface area contributed by atoms with Crippen LogP contribution >= 0.6 is 0 Å². The molecule has 3 rings (SSSR count). The van der Waals surface area contributed by atoms with Crippen molar-refractivity contribution in [3.63, 3.8) is 0 Å². The van der Waals surface area contributed by atoms with Gasteiger partial charge in [-0.2, -0.15) is 0 Å². The molecule has 1 aliphatic heterocycles. The molecule has 0 aliphatic carbocycles. The van der Waals surface area contributed by atoms with Crippen molar-refractivity contribution >= 4 is 27.1 Å². The largest absolute Gasteiger partial charge is 0.355 e. The van der Waals surface area contributed by atoms with Crippen LogP contribution in [-0.4, -0.2) is 48.8 Å². The molecule has 126 valence electrons. The van der Waals surface area contributed by atoms with Gasteiger partial charge in [0.05, 0.1) is 11.5 Å². The Morgan fingerprint density at radius 2 is 1.75 bits per heavy atom. The number of aromatic nitrogens is 1. The number of hydrogen-bond acceptors (Lipinski definition) is 5. The van der Waals surface area contributed by atoms with Crippen molar-refractivity contribution in [3.8, 4) is 0 Å². The number of pyridine rings is 1. The smallest absolute Gasteiger partial charge is 0.253 e. The van der Waals surface area contributed by atoms with E-state index in [0.29, 0.717) is 12.0 Å². The van der Waals surface area contributed by atoms with E-state index in [1.807, 2.05) is 24.3 Å². The van der Waals surface area contributed by atoms with Crippen molar-refractivity contribution in [2.45, 2.75) is 12.5 Å². The van der Waals surface area contributed by atoms with E-state index >= 15 is 0 Å². The first-order valence-corrected chi connectivity index (χ1v) is 9.51. The lowest BCUT2D eigenvalue weighted by atomic mass is 10.1. The molecule has 1 saturated heterocycles. The molecule has 1 aliphatic rings. The maximum atomic E-state index is 12.5. The van der Waals surface area contributed by atoms with E-state index in [-0.39, 0.29) is 23.5 Å². The molecule has 24 heavy (non-hydrogen) atoms. The first-order valence-electron chi connectivity index (χ1n) is 7.69. The van der Waals surface area contributed by atoms with Gasteiger partial charge in [-0.15, -0.1) is 0 Å². The molecular weight excluding hydrogens is 326 g/mol. The van der Waals surface area contributed by atoms with E-state index in [4.69, 9.17) is 0 Å². The van der Waals surface area contributed by atoms with Crippen LogP contribution in [0.5, 0.6) is 0 Å². The van der Waals surface area contributed by atoms with Gasteiger partial charge in [0.15, 0.2) is 9.84 Å². The number of benzene rings is 1. The summed E-state index contributed by atoms with van der Waals surface area (Å²) in [6.45, 7) is 0. The topological polar surface area (TPSA) is 79.4 Å². The summed E-state index contributed by atoms with van der Waals surface area (Å²) < 4.78 is 23.1. The van der Waals surface area contributed by atoms with E-state index in [9.17, 15) is 13.2 Å². The van der Waals surface area contributed by atoms with E-state index < -0.39 is 9.84 Å². The highest BCUT2D eigenvalue weighted by molar-refractivity contribution is 7.91. The SMILES string of the molecule is CN(C(=O)c1ccc(Nc2ccncc2)cc1)[C@@H]1CCS(=O)(=O)C1. The van der Waals surface area contributed by atoms with Gasteiger partial charge in [0.25, 0.3) is 5.91 Å². The Hall–Kier alpha value is -2.41. The Morgan fingerprint density at radius 1 is 1.12 bits per heavy atom. The number of nitrogens with zero attached hydrogens (tertiary/aromatic N) is 2. The lowest BCUT2D eigenvalue weighted by Gasteiger charge is -2.23. The highest BCUT2D eigenvalue weighted by Crippen LogP contribution is 2.20. The molecule has 1 atom stereocenters. The van der Waals surface area contributed by atoms with Crippen molar-refractivity contribution in [2.24, 2.45) is 0 Å². The second-order valence-corrected chi connectivity index (χ2v) is 8.14. The number of rotatable bonds is 4. The minimum Gasteiger partial charge on any atom is -0.355 e. The third-order valence-electron chi connectivity index (χ3n) is 4.18. The molecule has 7 heteroatoms. The minimum atomic E-state index is -3.01. The number of nitrogens with one attached hydrogen (secondary N) is 1. The summed E-state index contributed by atoms with van der Waals surface area (Å²) in [6.07, 6.45) is 3.90. The van der Waals surface area contributed by atoms with Crippen LogP contribution in [0.4, 0.5) is 11.4 Å². The zero-order valence-corrected chi connectivity index (χ0v) is 14.2. The number of anilines is 2. The van der Waals surface area contributed by atoms with Gasteiger partial charge in [-0.05, 0) is 42.8 Å². The lowest BCUT2D eigenvalue weighted by molar-refractivity contribution is 0.0747. The summed E-state index contributed by atoms with van der Waals surface area (Å²) in [5.74, 6) is 0.0497. The molecule has 1 N–H and O–H groups in total. The van der Waals surface area contributed by atoms with Gasteiger partial charge in [0, 0.05) is 42.4 Å². The highest BCUT2D eigenvalue weighted by atomic mass is 32.2. The molecule has 2 heterocycles. The van der Waals surface area contributed by atoms with E-state index in [2.05, 4.69) is 10.3 Å². The van der Waals surface area contributed by atoms with Crippen molar-refractivity contribution in [1.82, 2.24) is 9.88 Å². The van der Waals surface area contributed by atoms with E-state index in [1.165, 1.54) is 4.90 Å². The molecule has 1 fully saturated rings. The maximum absolute atomic E-state index is 12.5. The number of sulfone groups is 1. The fourth-order valence-corrected chi connectivity index (χ4v) is 4.52. The van der Waals surface area contributed by atoms with Crippen molar-refractivity contribution in [3.05, 3.63) is 54.4 Å². The van der Waals surface area contributed by atoms with Crippen LogP contribution in [0, 0.1) is 0 Å². The van der Waals surface area contributed by atoms with Crippen LogP contribution in [0.3, 0.4) is 0 Å². The zero-order valence-electron chi connectivity index (χ0n) is 13.3. The molecule has 0 saturated carbocycles. The van der Waals surface area contributed by atoms with E-state index in [0.717, 1.165) is 11.4 Å². The number of hydrogen-bond donors (Lipinski definition) is 1. The lowest BCUT2D eigenvalue weighted by Crippen LogP contribution is -2.37. The molecule has 1 aromatic heterocycles. The third-order valence-corrected chi connectivity index (χ3v) is 5.93. The predicted molar refractivity (Wildman–Crippen MR) is 93.1 cm³/mol. The molecule has 0 radical (unpaired) electrons. The van der Waals surface area contributed by atoms with Crippen LogP contribution < -0.4 is 5.32 Å². The second-order valence-electron chi connectivity index (χ2n) is 5.91. The van der Waals surface area contributed by atoms with Gasteiger partial charge < -0.3 is 10.2 Å². The summed E-state index contributed by atoms with van der Waals surface area (Å²) in [4.78, 5) is 18.0. The monoisotopic (exact) mass is 345 g/mol. The Bertz CT molecular complexity index is 820. The first kappa shape index (κ1) is 16.4. The van der Waals surface area contributed by atoms with Gasteiger partial charge in [-0.1, -0.05) is 0 Å². The Balaban J connectivity index is 1.67. The molecule has 2 aromatic rings. The van der Waals surface area contributed by atoms with Crippen molar-refractivity contribution in [1.29, 1.82) is 0 Å². The zero-order chi connectivity index (χ0) is 17.2. The van der Waals surface area contributed by atoms with Gasteiger partial charge >= 0.3 is 0 Å². The Morgan fingerprint density at radius 3 is 2.33 bits per heavy atom. The minimum absolute atomic E-state index is 0.0525. The fourth-order valence-electron chi connectivity index (χ4n) is 2.75. The standard InChI is InChI=1S/C17H19N3O3S/c1-20(16-8-11-24(22,23)12-16)17(21)13-2-4-14(5-3-13)19-15-6-9-18-10-7-15/h2-7,9-10,16H,8,11-12H2,1H3,(H,18,19)/t16-/m1/s1. The summed E-state index contributed by atoms with van der Waals surface area (Å²) in [6, 6.07) is 10.6. The maximum Gasteiger partial charge on any atom is 0.253 e. The summed E-state index contributed by atoms with van der Waals surface area (Å²) in [7, 11) is -1.34. The van der Waals surface area contributed by atoms with Gasteiger partial charge in [0.1, 0.15) is 0 Å². The molecule has 0 bridgehead atoms. The van der Waals surface area contributed by atoms with Crippen LogP contribution in [0.25, 0.3) is 0 Å². The van der Waals surface area contributed by atoms with Crippen molar-refractivity contribution in [2.75, 3.05) is 23.9 Å². The molecule has 0 unspecified atom stereocenters. The number of amides is 1. The molecule has 1 amide bonds. The third kappa shape index (κ3) is 3.73. The first-order chi connectivity index (χ1) is 11.4. The Kier molecular flexibility index (Phi) is 4.53. The van der Waals surface area contributed by atoms with E-state index in [1.54, 1.807) is 31.6 Å².